The van der Waals surface area contributed by atoms with Crippen molar-refractivity contribution in [2.75, 3.05) is 13.1 Å². The highest BCUT2D eigenvalue weighted by atomic mass is 32.2. The van der Waals surface area contributed by atoms with Crippen LogP contribution in [0.5, 0.6) is 0 Å². The van der Waals surface area contributed by atoms with Gasteiger partial charge in [-0.25, -0.2) is 12.8 Å². The smallest absolute Gasteiger partial charge is 0.243 e. The van der Waals surface area contributed by atoms with Gasteiger partial charge in [-0.3, -0.25) is 14.6 Å². The first kappa shape index (κ1) is 22.8. The highest BCUT2D eigenvalue weighted by molar-refractivity contribution is 7.89. The average Bonchev–Trinajstić information content (AvgIpc) is 2.78. The van der Waals surface area contributed by atoms with Crippen molar-refractivity contribution < 1.29 is 22.4 Å². The third-order valence-corrected chi connectivity index (χ3v) is 7.11. The van der Waals surface area contributed by atoms with Gasteiger partial charge in [0.05, 0.1) is 17.1 Å². The summed E-state index contributed by atoms with van der Waals surface area (Å²) in [5.74, 6) is -1.49. The summed E-state index contributed by atoms with van der Waals surface area (Å²) in [6.45, 7) is 2.22. The van der Waals surface area contributed by atoms with Gasteiger partial charge >= 0.3 is 0 Å². The van der Waals surface area contributed by atoms with Crippen molar-refractivity contribution >= 4 is 21.8 Å². The quantitative estimate of drug-likeness (QED) is 0.666. The van der Waals surface area contributed by atoms with E-state index in [4.69, 9.17) is 0 Å². The van der Waals surface area contributed by atoms with Crippen LogP contribution in [-0.4, -0.2) is 48.7 Å². The Hall–Kier alpha value is -2.85. The van der Waals surface area contributed by atoms with E-state index in [2.05, 4.69) is 15.6 Å². The second-order valence-electron chi connectivity index (χ2n) is 7.40. The van der Waals surface area contributed by atoms with Gasteiger partial charge in [0.2, 0.25) is 21.8 Å². The van der Waals surface area contributed by atoms with E-state index < -0.39 is 21.9 Å². The highest BCUT2D eigenvalue weighted by Gasteiger charge is 2.32. The van der Waals surface area contributed by atoms with Gasteiger partial charge in [0.25, 0.3) is 0 Å². The summed E-state index contributed by atoms with van der Waals surface area (Å²) in [7, 11) is -3.73. The van der Waals surface area contributed by atoms with Crippen molar-refractivity contribution in [1.82, 2.24) is 19.9 Å². The first-order valence-corrected chi connectivity index (χ1v) is 11.4. The number of hydrogen-bond acceptors (Lipinski definition) is 5. The number of benzene rings is 1. The van der Waals surface area contributed by atoms with Crippen LogP contribution in [0.2, 0.25) is 0 Å². The predicted molar refractivity (Wildman–Crippen MR) is 112 cm³/mol. The lowest BCUT2D eigenvalue weighted by Crippen LogP contribution is -2.49. The fourth-order valence-electron chi connectivity index (χ4n) is 3.34. The Balaban J connectivity index is 1.48. The number of piperidine rings is 1. The van der Waals surface area contributed by atoms with E-state index >= 15 is 0 Å². The Morgan fingerprint density at radius 1 is 1.16 bits per heavy atom. The number of pyridine rings is 1. The van der Waals surface area contributed by atoms with Gasteiger partial charge in [-0.05, 0) is 56.2 Å². The molecule has 0 unspecified atom stereocenters. The summed E-state index contributed by atoms with van der Waals surface area (Å²) in [6.07, 6.45) is 2.32. The molecule has 0 spiro atoms. The molecule has 166 valence electrons. The summed E-state index contributed by atoms with van der Waals surface area (Å²) in [6, 6.07) is 9.34. The molecule has 1 aliphatic rings. The Labute approximate surface area is 180 Å². The summed E-state index contributed by atoms with van der Waals surface area (Å²) in [4.78, 5) is 28.9. The summed E-state index contributed by atoms with van der Waals surface area (Å²) < 4.78 is 39.7. The Kier molecular flexibility index (Phi) is 7.34. The van der Waals surface area contributed by atoms with Crippen molar-refractivity contribution in [2.45, 2.75) is 37.2 Å². The van der Waals surface area contributed by atoms with Gasteiger partial charge in [0, 0.05) is 25.2 Å². The van der Waals surface area contributed by atoms with Crippen molar-refractivity contribution in [2.24, 2.45) is 5.92 Å². The minimum atomic E-state index is -3.73. The molecule has 1 aromatic carbocycles. The lowest BCUT2D eigenvalue weighted by atomic mass is 9.97. The molecule has 1 fully saturated rings. The Bertz CT molecular complexity index is 1010. The van der Waals surface area contributed by atoms with E-state index in [1.807, 2.05) is 6.07 Å². The molecule has 1 aromatic heterocycles. The molecule has 31 heavy (non-hydrogen) atoms. The van der Waals surface area contributed by atoms with Crippen LogP contribution in [0.4, 0.5) is 4.39 Å². The van der Waals surface area contributed by atoms with Crippen molar-refractivity contribution in [3.63, 3.8) is 0 Å². The number of carbonyl (C=O) groups excluding carboxylic acids is 2. The summed E-state index contributed by atoms with van der Waals surface area (Å²) in [5, 5.41) is 5.42. The molecule has 1 aliphatic heterocycles. The number of nitrogens with one attached hydrogen (secondary N) is 2. The normalized spacial score (nSPS) is 16.5. The van der Waals surface area contributed by atoms with E-state index in [0.29, 0.717) is 18.5 Å². The maximum absolute atomic E-state index is 13.1. The number of amides is 2. The third kappa shape index (κ3) is 5.86. The largest absolute Gasteiger partial charge is 0.349 e. The van der Waals surface area contributed by atoms with Crippen LogP contribution >= 0.6 is 0 Å². The summed E-state index contributed by atoms with van der Waals surface area (Å²) in [5.41, 5.74) is 0.712. The zero-order valence-corrected chi connectivity index (χ0v) is 17.9. The van der Waals surface area contributed by atoms with Crippen molar-refractivity contribution in [3.05, 3.63) is 60.2 Å². The van der Waals surface area contributed by atoms with Gasteiger partial charge in [-0.15, -0.1) is 0 Å². The van der Waals surface area contributed by atoms with Crippen LogP contribution in [0.3, 0.4) is 0 Å². The summed E-state index contributed by atoms with van der Waals surface area (Å²) >= 11 is 0. The fraction of sp³-hybridized carbons (Fsp3) is 0.381. The van der Waals surface area contributed by atoms with E-state index in [-0.39, 0.29) is 42.3 Å². The number of rotatable bonds is 7. The van der Waals surface area contributed by atoms with Crippen LogP contribution < -0.4 is 10.6 Å². The van der Waals surface area contributed by atoms with Crippen LogP contribution in [0, 0.1) is 11.7 Å². The van der Waals surface area contributed by atoms with Crippen molar-refractivity contribution in [1.29, 1.82) is 0 Å². The monoisotopic (exact) mass is 448 g/mol. The predicted octanol–water partition coefficient (Wildman–Crippen LogP) is 1.44. The molecule has 8 nitrogen and oxygen atoms in total. The minimum Gasteiger partial charge on any atom is -0.349 e. The zero-order chi connectivity index (χ0) is 22.4. The maximum atomic E-state index is 13.1. The molecule has 0 saturated carbocycles. The van der Waals surface area contributed by atoms with Gasteiger partial charge in [-0.1, -0.05) is 6.07 Å². The molecule has 1 atom stereocenters. The fourth-order valence-corrected chi connectivity index (χ4v) is 4.81. The molecule has 10 heteroatoms. The topological polar surface area (TPSA) is 108 Å². The number of halogens is 1. The lowest BCUT2D eigenvalue weighted by Gasteiger charge is -2.31. The first-order valence-electron chi connectivity index (χ1n) is 10.0. The molecule has 1 saturated heterocycles. The van der Waals surface area contributed by atoms with Crippen molar-refractivity contribution in [3.8, 4) is 0 Å². The van der Waals surface area contributed by atoms with E-state index in [0.717, 1.165) is 12.1 Å². The lowest BCUT2D eigenvalue weighted by molar-refractivity contribution is -0.131. The molecule has 0 aliphatic carbocycles. The van der Waals surface area contributed by atoms with Crippen LogP contribution in [0.25, 0.3) is 0 Å². The molecule has 2 heterocycles. The van der Waals surface area contributed by atoms with Gasteiger partial charge in [0.1, 0.15) is 11.9 Å². The second-order valence-corrected chi connectivity index (χ2v) is 9.34. The number of carbonyl (C=O) groups is 2. The molecular weight excluding hydrogens is 423 g/mol. The van der Waals surface area contributed by atoms with Crippen LogP contribution in [0.1, 0.15) is 25.5 Å². The SMILES string of the molecule is C[C@H](NC(=O)C1CCN(S(=O)(=O)c2ccc(F)cc2)CC1)C(=O)NCc1ccccn1. The van der Waals surface area contributed by atoms with E-state index in [1.54, 1.807) is 25.3 Å². The molecular formula is C21H25FN4O4S. The highest BCUT2D eigenvalue weighted by Crippen LogP contribution is 2.24. The molecule has 0 bridgehead atoms. The van der Waals surface area contributed by atoms with Crippen LogP contribution in [-0.2, 0) is 26.2 Å². The maximum Gasteiger partial charge on any atom is 0.243 e. The van der Waals surface area contributed by atoms with Gasteiger partial charge in [-0.2, -0.15) is 4.31 Å². The average molecular weight is 449 g/mol. The number of aromatic nitrogens is 1. The molecule has 3 rings (SSSR count). The van der Waals surface area contributed by atoms with E-state index in [1.165, 1.54) is 16.4 Å². The zero-order valence-electron chi connectivity index (χ0n) is 17.1. The van der Waals surface area contributed by atoms with Crippen LogP contribution in [0.15, 0.2) is 53.6 Å². The van der Waals surface area contributed by atoms with Gasteiger partial charge in [0.15, 0.2) is 0 Å². The second kappa shape index (κ2) is 9.97. The Morgan fingerprint density at radius 3 is 2.45 bits per heavy atom. The molecule has 2 N–H and O–H groups in total. The molecule has 2 amide bonds. The van der Waals surface area contributed by atoms with E-state index in [9.17, 15) is 22.4 Å². The molecule has 0 radical (unpaired) electrons. The third-order valence-electron chi connectivity index (χ3n) is 5.20. The number of hydrogen-bond donors (Lipinski definition) is 2. The number of nitrogens with zero attached hydrogens (tertiary/aromatic N) is 2. The van der Waals surface area contributed by atoms with Gasteiger partial charge < -0.3 is 10.6 Å². The standard InChI is InChI=1S/C21H25FN4O4S/c1-15(20(27)24-14-18-4-2-3-11-23-18)25-21(28)16-9-12-26(13-10-16)31(29,30)19-7-5-17(22)6-8-19/h2-8,11,15-16H,9-10,12-14H2,1H3,(H,24,27)(H,25,28)/t15-/m0/s1. The number of sulfonamides is 1. The minimum absolute atomic E-state index is 0.0231. The first-order chi connectivity index (χ1) is 14.8. The Morgan fingerprint density at radius 2 is 1.84 bits per heavy atom. The molecule has 2 aromatic rings.